The lowest BCUT2D eigenvalue weighted by Gasteiger charge is -2.27. The molecule has 2 rings (SSSR count). The first kappa shape index (κ1) is 19.6. The molecule has 0 N–H and O–H groups in total. The molecule has 0 saturated carbocycles. The molecule has 1 aromatic heterocycles. The Kier molecular flexibility index (Phi) is 6.89. The number of hydrogen-bond acceptors (Lipinski definition) is 3. The summed E-state index contributed by atoms with van der Waals surface area (Å²) in [6.07, 6.45) is 1.53. The highest BCUT2D eigenvalue weighted by Crippen LogP contribution is 2.14. The van der Waals surface area contributed by atoms with Gasteiger partial charge in [0.15, 0.2) is 0 Å². The molecule has 0 spiro atoms. The number of pyridine rings is 1. The van der Waals surface area contributed by atoms with E-state index in [9.17, 15) is 9.59 Å². The van der Waals surface area contributed by atoms with Crippen LogP contribution >= 0.6 is 0 Å². The van der Waals surface area contributed by atoms with Gasteiger partial charge in [0.25, 0.3) is 11.8 Å². The summed E-state index contributed by atoms with van der Waals surface area (Å²) in [4.78, 5) is 33.3. The number of amides is 2. The zero-order chi connectivity index (χ0) is 19.1. The van der Waals surface area contributed by atoms with E-state index in [0.29, 0.717) is 30.9 Å². The van der Waals surface area contributed by atoms with Gasteiger partial charge in [0, 0.05) is 37.4 Å². The highest BCUT2D eigenvalue weighted by Gasteiger charge is 2.22. The lowest BCUT2D eigenvalue weighted by Crippen LogP contribution is -2.37. The number of hydrogen-bond donors (Lipinski definition) is 0. The van der Waals surface area contributed by atoms with E-state index in [4.69, 9.17) is 0 Å². The molecule has 0 saturated heterocycles. The second kappa shape index (κ2) is 9.13. The summed E-state index contributed by atoms with van der Waals surface area (Å²) in [5.41, 5.74) is 1.85. The summed E-state index contributed by atoms with van der Waals surface area (Å²) in [7, 11) is 0. The molecule has 2 aromatic rings. The van der Waals surface area contributed by atoms with Gasteiger partial charge in [-0.05, 0) is 45.4 Å². The van der Waals surface area contributed by atoms with E-state index in [2.05, 4.69) is 4.98 Å². The van der Waals surface area contributed by atoms with Gasteiger partial charge in [-0.3, -0.25) is 14.6 Å². The number of rotatable bonds is 7. The molecule has 0 radical (unpaired) electrons. The summed E-state index contributed by atoms with van der Waals surface area (Å²) in [6, 6.07) is 13.1. The maximum atomic E-state index is 13.0. The van der Waals surface area contributed by atoms with Gasteiger partial charge in [-0.15, -0.1) is 0 Å². The van der Waals surface area contributed by atoms with Crippen molar-refractivity contribution in [1.29, 1.82) is 0 Å². The van der Waals surface area contributed by atoms with Gasteiger partial charge in [-0.25, -0.2) is 0 Å². The molecule has 1 heterocycles. The van der Waals surface area contributed by atoms with Gasteiger partial charge in [-0.2, -0.15) is 0 Å². The van der Waals surface area contributed by atoms with E-state index in [0.717, 1.165) is 5.56 Å². The van der Waals surface area contributed by atoms with Crippen molar-refractivity contribution in [3.8, 4) is 0 Å². The van der Waals surface area contributed by atoms with Crippen LogP contribution in [0.3, 0.4) is 0 Å². The Morgan fingerprint density at radius 3 is 2.23 bits per heavy atom. The van der Waals surface area contributed by atoms with Gasteiger partial charge in [0.1, 0.15) is 5.69 Å². The number of carbonyl (C=O) groups is 2. The molecule has 0 aliphatic heterocycles. The quantitative estimate of drug-likeness (QED) is 0.764. The third-order valence-corrected chi connectivity index (χ3v) is 4.36. The maximum Gasteiger partial charge on any atom is 0.272 e. The van der Waals surface area contributed by atoms with Gasteiger partial charge >= 0.3 is 0 Å². The Morgan fingerprint density at radius 1 is 1.00 bits per heavy atom. The van der Waals surface area contributed by atoms with Crippen LogP contribution in [0.15, 0.2) is 48.7 Å². The molecule has 0 aliphatic carbocycles. The van der Waals surface area contributed by atoms with Gasteiger partial charge < -0.3 is 9.80 Å². The van der Waals surface area contributed by atoms with Crippen molar-refractivity contribution in [3.63, 3.8) is 0 Å². The fourth-order valence-corrected chi connectivity index (χ4v) is 2.79. The fourth-order valence-electron chi connectivity index (χ4n) is 2.79. The van der Waals surface area contributed by atoms with Crippen LogP contribution in [0.25, 0.3) is 0 Å². The van der Waals surface area contributed by atoms with E-state index in [1.165, 1.54) is 6.20 Å². The molecule has 0 fully saturated rings. The van der Waals surface area contributed by atoms with Crippen LogP contribution in [-0.2, 0) is 6.54 Å². The Labute approximate surface area is 155 Å². The van der Waals surface area contributed by atoms with Gasteiger partial charge in [0.05, 0.1) is 0 Å². The third-order valence-electron chi connectivity index (χ3n) is 4.36. The minimum absolute atomic E-state index is 0.0200. The average Bonchev–Trinajstić information content (AvgIpc) is 2.67. The van der Waals surface area contributed by atoms with Crippen molar-refractivity contribution in [3.05, 3.63) is 65.5 Å². The number of benzene rings is 1. The van der Waals surface area contributed by atoms with E-state index < -0.39 is 0 Å². The highest BCUT2D eigenvalue weighted by molar-refractivity contribution is 5.98. The monoisotopic (exact) mass is 353 g/mol. The van der Waals surface area contributed by atoms with E-state index >= 15 is 0 Å². The largest absolute Gasteiger partial charge is 0.339 e. The Morgan fingerprint density at radius 2 is 1.65 bits per heavy atom. The number of nitrogens with zero attached hydrogens (tertiary/aromatic N) is 3. The Bertz CT molecular complexity index is 740. The molecule has 2 amide bonds. The molecule has 5 nitrogen and oxygen atoms in total. The molecule has 0 unspecified atom stereocenters. The minimum atomic E-state index is -0.168. The van der Waals surface area contributed by atoms with Crippen molar-refractivity contribution < 1.29 is 9.59 Å². The van der Waals surface area contributed by atoms with E-state index in [-0.39, 0.29) is 17.9 Å². The van der Waals surface area contributed by atoms with Crippen molar-refractivity contribution in [2.24, 2.45) is 0 Å². The van der Waals surface area contributed by atoms with Crippen LogP contribution in [0, 0.1) is 0 Å². The molecule has 0 aliphatic rings. The predicted octanol–water partition coefficient (Wildman–Crippen LogP) is 3.61. The molecule has 1 aromatic carbocycles. The smallest absolute Gasteiger partial charge is 0.272 e. The normalized spacial score (nSPS) is 10.7. The molecule has 5 heteroatoms. The first-order valence-electron chi connectivity index (χ1n) is 9.08. The van der Waals surface area contributed by atoms with Crippen LogP contribution in [-0.4, -0.2) is 45.7 Å². The highest BCUT2D eigenvalue weighted by atomic mass is 16.2. The van der Waals surface area contributed by atoms with Crippen molar-refractivity contribution in [2.45, 2.75) is 40.3 Å². The molecule has 0 atom stereocenters. The fraction of sp³-hybridized carbons (Fsp3) is 0.381. The van der Waals surface area contributed by atoms with E-state index in [1.54, 1.807) is 21.9 Å². The molecular weight excluding hydrogens is 326 g/mol. The average molecular weight is 353 g/mol. The standard InChI is InChI=1S/C21H27N3O2/c1-5-23(6-2)20(25)18-12-13-22-19(14-18)21(26)24(16(3)4)15-17-10-8-7-9-11-17/h7-14,16H,5-6,15H2,1-4H3. The van der Waals surface area contributed by atoms with Crippen LogP contribution in [0.5, 0.6) is 0 Å². The first-order valence-corrected chi connectivity index (χ1v) is 9.08. The Balaban J connectivity index is 2.26. The minimum Gasteiger partial charge on any atom is -0.339 e. The van der Waals surface area contributed by atoms with Gasteiger partial charge in [0.2, 0.25) is 0 Å². The summed E-state index contributed by atoms with van der Waals surface area (Å²) < 4.78 is 0. The number of aromatic nitrogens is 1. The molecule has 26 heavy (non-hydrogen) atoms. The van der Waals surface area contributed by atoms with Crippen molar-refractivity contribution >= 4 is 11.8 Å². The second-order valence-corrected chi connectivity index (χ2v) is 6.42. The summed E-state index contributed by atoms with van der Waals surface area (Å²) >= 11 is 0. The topological polar surface area (TPSA) is 53.5 Å². The van der Waals surface area contributed by atoms with Crippen molar-refractivity contribution in [2.75, 3.05) is 13.1 Å². The lowest BCUT2D eigenvalue weighted by molar-refractivity contribution is 0.0684. The zero-order valence-electron chi connectivity index (χ0n) is 16.0. The first-order chi connectivity index (χ1) is 12.5. The molecule has 138 valence electrons. The predicted molar refractivity (Wildman–Crippen MR) is 103 cm³/mol. The Hall–Kier alpha value is -2.69. The van der Waals surface area contributed by atoms with Crippen molar-refractivity contribution in [1.82, 2.24) is 14.8 Å². The maximum absolute atomic E-state index is 13.0. The SMILES string of the molecule is CCN(CC)C(=O)c1ccnc(C(=O)N(Cc2ccccc2)C(C)C)c1. The summed E-state index contributed by atoms with van der Waals surface area (Å²) in [5, 5.41) is 0. The van der Waals surface area contributed by atoms with Crippen LogP contribution < -0.4 is 0 Å². The summed E-state index contributed by atoms with van der Waals surface area (Å²) in [5.74, 6) is -0.247. The van der Waals surface area contributed by atoms with Crippen LogP contribution in [0.1, 0.15) is 54.1 Å². The van der Waals surface area contributed by atoms with Gasteiger partial charge in [-0.1, -0.05) is 30.3 Å². The molecular formula is C21H27N3O2. The van der Waals surface area contributed by atoms with Crippen LogP contribution in [0.4, 0.5) is 0 Å². The third kappa shape index (κ3) is 4.69. The van der Waals surface area contributed by atoms with Crippen LogP contribution in [0.2, 0.25) is 0 Å². The van der Waals surface area contributed by atoms with E-state index in [1.807, 2.05) is 58.0 Å². The molecule has 0 bridgehead atoms. The lowest BCUT2D eigenvalue weighted by atomic mass is 10.1. The number of carbonyl (C=O) groups excluding carboxylic acids is 2. The second-order valence-electron chi connectivity index (χ2n) is 6.42. The summed E-state index contributed by atoms with van der Waals surface area (Å²) in [6.45, 7) is 9.61. The zero-order valence-corrected chi connectivity index (χ0v) is 16.0.